The summed E-state index contributed by atoms with van der Waals surface area (Å²) in [6.07, 6.45) is 1.83. The summed E-state index contributed by atoms with van der Waals surface area (Å²) in [5, 5.41) is 8.17. The molecule has 1 fully saturated rings. The minimum absolute atomic E-state index is 0.148. The Hall–Kier alpha value is -2.94. The van der Waals surface area contributed by atoms with E-state index < -0.39 is 5.91 Å². The summed E-state index contributed by atoms with van der Waals surface area (Å²) in [5.74, 6) is -0.663. The molecule has 0 radical (unpaired) electrons. The van der Waals surface area contributed by atoms with Crippen LogP contribution in [0.25, 0.3) is 16.6 Å². The number of hydrogen-bond donors (Lipinski definition) is 2. The van der Waals surface area contributed by atoms with E-state index in [-0.39, 0.29) is 16.5 Å². The van der Waals surface area contributed by atoms with Crippen LogP contribution < -0.4 is 11.1 Å². The van der Waals surface area contributed by atoms with Gasteiger partial charge in [0.15, 0.2) is 18.3 Å². The van der Waals surface area contributed by atoms with Gasteiger partial charge >= 0.3 is 0 Å². The van der Waals surface area contributed by atoms with Crippen LogP contribution in [0.15, 0.2) is 48.7 Å². The molecule has 8 nitrogen and oxygen atoms in total. The number of quaternary nitrogens is 1. The Kier molecular flexibility index (Phi) is 5.23. The van der Waals surface area contributed by atoms with Crippen molar-refractivity contribution >= 4 is 40.2 Å². The topological polar surface area (TPSA) is 99.2 Å². The fourth-order valence-electron chi connectivity index (χ4n) is 3.36. The number of carbonyl (C=O) groups excluding carboxylic acids is 2. The van der Waals surface area contributed by atoms with Crippen LogP contribution in [-0.2, 0) is 9.53 Å². The highest BCUT2D eigenvalue weighted by molar-refractivity contribution is 6.08. The number of aromatic nitrogens is 2. The number of nitrogens with two attached hydrogens (primary N) is 1. The lowest BCUT2D eigenvalue weighted by Gasteiger charge is -2.31. The average molecular weight is 415 g/mol. The minimum Gasteiger partial charge on any atom is -0.370 e. The summed E-state index contributed by atoms with van der Waals surface area (Å²) < 4.78 is 7.13. The highest BCUT2D eigenvalue weighted by Gasteiger charge is 2.32. The molecule has 1 aliphatic rings. The highest BCUT2D eigenvalue weighted by Crippen LogP contribution is 2.21. The number of amides is 2. The molecule has 0 saturated carbocycles. The summed E-state index contributed by atoms with van der Waals surface area (Å²) in [6.45, 7) is 2.51. The third-order valence-corrected chi connectivity index (χ3v) is 5.37. The average Bonchev–Trinajstić information content (AvgIpc) is 3.12. The lowest BCUT2D eigenvalue weighted by Crippen LogP contribution is -2.51. The van der Waals surface area contributed by atoms with Crippen LogP contribution in [0.1, 0.15) is 10.4 Å². The third kappa shape index (κ3) is 4.24. The van der Waals surface area contributed by atoms with Crippen LogP contribution in [0.5, 0.6) is 0 Å². The van der Waals surface area contributed by atoms with Gasteiger partial charge < -0.3 is 15.8 Å². The largest absolute Gasteiger partial charge is 0.370 e. The SMILES string of the molecule is NC(=O)c1cccc2cn(-c3ccc(NC(=O)C[N+]4(Cl)CCOCC4)cc3)nc12. The zero-order valence-corrected chi connectivity index (χ0v) is 16.4. The van der Waals surface area contributed by atoms with E-state index in [2.05, 4.69) is 10.4 Å². The van der Waals surface area contributed by atoms with Crippen molar-refractivity contribution in [1.82, 2.24) is 9.78 Å². The fraction of sp³-hybridized carbons (Fsp3) is 0.250. The van der Waals surface area contributed by atoms with Gasteiger partial charge in [-0.1, -0.05) is 12.1 Å². The molecule has 2 aromatic carbocycles. The van der Waals surface area contributed by atoms with Gasteiger partial charge in [0, 0.05) is 17.3 Å². The lowest BCUT2D eigenvalue weighted by atomic mass is 10.1. The van der Waals surface area contributed by atoms with Crippen molar-refractivity contribution in [2.45, 2.75) is 0 Å². The number of nitrogens with zero attached hydrogens (tertiary/aromatic N) is 3. The smallest absolute Gasteiger partial charge is 0.281 e. The first-order chi connectivity index (χ1) is 13.9. The van der Waals surface area contributed by atoms with E-state index >= 15 is 0 Å². The monoisotopic (exact) mass is 414 g/mol. The molecule has 150 valence electrons. The van der Waals surface area contributed by atoms with Crippen molar-refractivity contribution in [2.24, 2.45) is 5.73 Å². The molecular weight excluding hydrogens is 394 g/mol. The maximum absolute atomic E-state index is 12.3. The first kappa shape index (κ1) is 19.4. The normalized spacial score (nSPS) is 15.9. The number of anilines is 1. The maximum Gasteiger partial charge on any atom is 0.281 e. The van der Waals surface area contributed by atoms with Crippen molar-refractivity contribution in [3.05, 3.63) is 54.2 Å². The number of morpholine rings is 1. The van der Waals surface area contributed by atoms with Crippen LogP contribution >= 0.6 is 11.8 Å². The minimum atomic E-state index is -0.515. The van der Waals surface area contributed by atoms with Gasteiger partial charge in [-0.15, -0.1) is 0 Å². The molecule has 0 atom stereocenters. The van der Waals surface area contributed by atoms with E-state index in [0.29, 0.717) is 43.1 Å². The van der Waals surface area contributed by atoms with E-state index in [0.717, 1.165) is 11.1 Å². The Balaban J connectivity index is 1.48. The number of halogens is 1. The fourth-order valence-corrected chi connectivity index (χ4v) is 3.61. The van der Waals surface area contributed by atoms with Crippen LogP contribution in [0.4, 0.5) is 5.69 Å². The summed E-state index contributed by atoms with van der Waals surface area (Å²) in [7, 11) is 0. The zero-order valence-electron chi connectivity index (χ0n) is 15.7. The molecular formula is C20H21ClN5O3+. The summed E-state index contributed by atoms with van der Waals surface area (Å²) in [5.41, 5.74) is 7.83. The number of fused-ring (bicyclic) bond motifs is 1. The molecule has 3 N–H and O–H groups in total. The Bertz CT molecular complexity index is 1060. The molecule has 2 amide bonds. The summed E-state index contributed by atoms with van der Waals surface area (Å²) >= 11 is 6.47. The molecule has 29 heavy (non-hydrogen) atoms. The van der Waals surface area contributed by atoms with Gasteiger partial charge in [0.1, 0.15) is 18.6 Å². The Morgan fingerprint density at radius 2 is 1.90 bits per heavy atom. The molecule has 4 rings (SSSR count). The van der Waals surface area contributed by atoms with Crippen molar-refractivity contribution < 1.29 is 18.3 Å². The van der Waals surface area contributed by atoms with E-state index in [1.807, 2.05) is 24.4 Å². The predicted octanol–water partition coefficient (Wildman–Crippen LogP) is 2.06. The number of hydrogen-bond acceptors (Lipinski definition) is 4. The number of rotatable bonds is 5. The first-order valence-electron chi connectivity index (χ1n) is 9.26. The molecule has 1 aromatic heterocycles. The predicted molar refractivity (Wildman–Crippen MR) is 110 cm³/mol. The van der Waals surface area contributed by atoms with Gasteiger partial charge in [-0.2, -0.15) is 5.10 Å². The number of nitrogens with one attached hydrogen (secondary N) is 1. The first-order valence-corrected chi connectivity index (χ1v) is 9.59. The van der Waals surface area contributed by atoms with Gasteiger partial charge in [0.25, 0.3) is 11.8 Å². The quantitative estimate of drug-likeness (QED) is 0.624. The molecule has 1 saturated heterocycles. The van der Waals surface area contributed by atoms with Gasteiger partial charge in [-0.25, -0.2) is 8.68 Å². The van der Waals surface area contributed by atoms with Gasteiger partial charge in [0.05, 0.1) is 24.5 Å². The lowest BCUT2D eigenvalue weighted by molar-refractivity contribution is -0.816. The molecule has 3 aromatic rings. The molecule has 9 heteroatoms. The van der Waals surface area contributed by atoms with Crippen molar-refractivity contribution in [2.75, 3.05) is 38.2 Å². The van der Waals surface area contributed by atoms with Crippen LogP contribution in [0, 0.1) is 0 Å². The summed E-state index contributed by atoms with van der Waals surface area (Å²) in [4.78, 5) is 23.9. The number of carbonyl (C=O) groups is 2. The Labute approximate surface area is 172 Å². The third-order valence-electron chi connectivity index (χ3n) is 4.92. The second-order valence-corrected chi connectivity index (χ2v) is 7.74. The molecule has 0 unspecified atom stereocenters. The molecule has 0 aliphatic carbocycles. The Morgan fingerprint density at radius 3 is 2.59 bits per heavy atom. The molecule has 0 spiro atoms. The van der Waals surface area contributed by atoms with E-state index in [9.17, 15) is 9.59 Å². The van der Waals surface area contributed by atoms with Gasteiger partial charge in [-0.3, -0.25) is 9.59 Å². The van der Waals surface area contributed by atoms with Gasteiger partial charge in [-0.05, 0) is 30.3 Å². The van der Waals surface area contributed by atoms with E-state index in [1.165, 1.54) is 0 Å². The molecule has 2 heterocycles. The van der Waals surface area contributed by atoms with Crippen LogP contribution in [0.2, 0.25) is 0 Å². The molecule has 1 aliphatic heterocycles. The Morgan fingerprint density at radius 1 is 1.17 bits per heavy atom. The number of ether oxygens (including phenoxy) is 1. The van der Waals surface area contributed by atoms with E-state index in [1.54, 1.807) is 28.9 Å². The second-order valence-electron chi connectivity index (χ2n) is 7.02. The highest BCUT2D eigenvalue weighted by atomic mass is 35.5. The van der Waals surface area contributed by atoms with Crippen LogP contribution in [0.3, 0.4) is 0 Å². The van der Waals surface area contributed by atoms with E-state index in [4.69, 9.17) is 22.2 Å². The molecule has 0 bridgehead atoms. The maximum atomic E-state index is 12.3. The van der Waals surface area contributed by atoms with Crippen LogP contribution in [-0.4, -0.2) is 58.4 Å². The zero-order chi connectivity index (χ0) is 20.4. The van der Waals surface area contributed by atoms with Crippen molar-refractivity contribution in [3.8, 4) is 5.69 Å². The number of primary amides is 1. The standard InChI is InChI=1S/C20H20ClN5O3/c21-26(8-10-29-11-9-26)13-18(27)23-15-4-6-16(7-5-15)25-12-14-2-1-3-17(20(22)28)19(14)24-25/h1-7,12H,8-11,13H2,(H2-,22,23,27,28)/p+1. The van der Waals surface area contributed by atoms with Crippen molar-refractivity contribution in [1.29, 1.82) is 0 Å². The van der Waals surface area contributed by atoms with Crippen molar-refractivity contribution in [3.63, 3.8) is 0 Å². The number of benzene rings is 2. The summed E-state index contributed by atoms with van der Waals surface area (Å²) in [6, 6.07) is 12.6. The van der Waals surface area contributed by atoms with Gasteiger partial charge in [0.2, 0.25) is 0 Å². The second kappa shape index (κ2) is 7.82.